The number of aromatic nitrogens is 6. The summed E-state index contributed by atoms with van der Waals surface area (Å²) in [5.74, 6) is -2.44. The van der Waals surface area contributed by atoms with Gasteiger partial charge in [0.15, 0.2) is 18.2 Å². The molecular weight excluding hydrogens is 496 g/mol. The number of morpholine rings is 1. The van der Waals surface area contributed by atoms with Gasteiger partial charge in [0.25, 0.3) is 5.92 Å². The van der Waals surface area contributed by atoms with Crippen LogP contribution in [0.1, 0.15) is 11.3 Å². The molecule has 4 aromatic rings. The van der Waals surface area contributed by atoms with Crippen LogP contribution in [-0.2, 0) is 18.2 Å². The van der Waals surface area contributed by atoms with Gasteiger partial charge in [0.2, 0.25) is 5.43 Å². The second-order valence-corrected chi connectivity index (χ2v) is 9.10. The number of aryl methyl sites for hydroxylation is 1. The van der Waals surface area contributed by atoms with Crippen molar-refractivity contribution in [1.29, 1.82) is 0 Å². The van der Waals surface area contributed by atoms with Crippen molar-refractivity contribution in [2.75, 3.05) is 39.5 Å². The van der Waals surface area contributed by atoms with Crippen molar-refractivity contribution in [2.45, 2.75) is 12.3 Å². The lowest BCUT2D eigenvalue weighted by Crippen LogP contribution is -2.45. The number of hydrogen-bond donors (Lipinski definition) is 0. The van der Waals surface area contributed by atoms with Gasteiger partial charge in [0.1, 0.15) is 11.4 Å². The van der Waals surface area contributed by atoms with E-state index in [0.717, 1.165) is 16.8 Å². The Kier molecular flexibility index (Phi) is 7.52. The summed E-state index contributed by atoms with van der Waals surface area (Å²) in [4.78, 5) is 22.7. The van der Waals surface area contributed by atoms with E-state index in [1.54, 1.807) is 39.9 Å². The molecule has 10 nitrogen and oxygen atoms in total. The molecule has 12 heteroatoms. The normalized spacial score (nSPS) is 14.5. The average Bonchev–Trinajstić information content (AvgIpc) is 3.36. The van der Waals surface area contributed by atoms with Gasteiger partial charge in [-0.1, -0.05) is 18.2 Å². The number of hydrogen-bond acceptors (Lipinski definition) is 8. The molecule has 5 rings (SSSR count). The van der Waals surface area contributed by atoms with Gasteiger partial charge in [0.05, 0.1) is 44.5 Å². The molecule has 0 N–H and O–H groups in total. The van der Waals surface area contributed by atoms with Crippen molar-refractivity contribution in [2.24, 2.45) is 7.05 Å². The van der Waals surface area contributed by atoms with Gasteiger partial charge in [-0.3, -0.25) is 14.4 Å². The van der Waals surface area contributed by atoms with Crippen LogP contribution in [0.4, 0.5) is 8.78 Å². The minimum atomic E-state index is -3.01. The third kappa shape index (κ3) is 6.45. The molecule has 1 fully saturated rings. The summed E-state index contributed by atoms with van der Waals surface area (Å²) in [7, 11) is 1.81. The fourth-order valence-electron chi connectivity index (χ4n) is 4.11. The summed E-state index contributed by atoms with van der Waals surface area (Å²) in [5, 5.41) is 8.61. The molecule has 0 aliphatic carbocycles. The smallest absolute Gasteiger partial charge is 0.293 e. The first-order chi connectivity index (χ1) is 18.3. The summed E-state index contributed by atoms with van der Waals surface area (Å²) >= 11 is 0. The third-order valence-electron chi connectivity index (χ3n) is 6.03. The molecule has 0 unspecified atom stereocenters. The Morgan fingerprint density at radius 3 is 2.63 bits per heavy atom. The van der Waals surface area contributed by atoms with Gasteiger partial charge in [-0.05, 0) is 11.6 Å². The molecule has 0 radical (unpaired) electrons. The van der Waals surface area contributed by atoms with Crippen molar-refractivity contribution >= 4 is 0 Å². The van der Waals surface area contributed by atoms with Crippen LogP contribution in [0.3, 0.4) is 0 Å². The van der Waals surface area contributed by atoms with E-state index in [9.17, 15) is 13.6 Å². The van der Waals surface area contributed by atoms with E-state index in [-0.39, 0.29) is 17.7 Å². The fourth-order valence-corrected chi connectivity index (χ4v) is 4.11. The molecule has 1 saturated heterocycles. The van der Waals surface area contributed by atoms with Gasteiger partial charge in [-0.15, -0.1) is 0 Å². The monoisotopic (exact) mass is 523 g/mol. The Balaban J connectivity index is 1.24. The summed E-state index contributed by atoms with van der Waals surface area (Å²) in [6.45, 7) is 0.729. The molecule has 3 aromatic heterocycles. The summed E-state index contributed by atoms with van der Waals surface area (Å²) < 4.78 is 42.4. The number of alkyl halides is 2. The zero-order valence-electron chi connectivity index (χ0n) is 20.8. The predicted molar refractivity (Wildman–Crippen MR) is 135 cm³/mol. The van der Waals surface area contributed by atoms with Gasteiger partial charge < -0.3 is 9.47 Å². The van der Waals surface area contributed by atoms with E-state index in [1.165, 1.54) is 18.5 Å². The van der Waals surface area contributed by atoms with Crippen molar-refractivity contribution in [3.05, 3.63) is 82.8 Å². The lowest BCUT2D eigenvalue weighted by Gasteiger charge is -2.30. The quantitative estimate of drug-likeness (QED) is 0.330. The molecule has 0 saturated carbocycles. The standard InChI is InChI=1S/C26H27F2N7O3/c1-33-16-21(13-31-33)35-6-5-24(36)23(32-35)12-19-3-2-4-20(11-19)25-29-14-22(15-30-25)38-18-26(27,28)17-34-7-9-37-10-8-34/h2-6,11,13-16H,7-10,12,17-18H2,1H3. The van der Waals surface area contributed by atoms with Gasteiger partial charge in [-0.25, -0.2) is 23.4 Å². The molecule has 38 heavy (non-hydrogen) atoms. The van der Waals surface area contributed by atoms with E-state index < -0.39 is 12.5 Å². The average molecular weight is 524 g/mol. The Bertz CT molecular complexity index is 1430. The van der Waals surface area contributed by atoms with Crippen LogP contribution in [0.25, 0.3) is 17.1 Å². The second-order valence-electron chi connectivity index (χ2n) is 9.10. The number of benzene rings is 1. The van der Waals surface area contributed by atoms with E-state index in [4.69, 9.17) is 9.47 Å². The largest absolute Gasteiger partial charge is 0.484 e. The first-order valence-electron chi connectivity index (χ1n) is 12.1. The van der Waals surface area contributed by atoms with Crippen molar-refractivity contribution in [1.82, 2.24) is 34.4 Å². The summed E-state index contributed by atoms with van der Waals surface area (Å²) in [5.41, 5.74) is 2.53. The Morgan fingerprint density at radius 1 is 1.11 bits per heavy atom. The maximum absolute atomic E-state index is 14.3. The summed E-state index contributed by atoms with van der Waals surface area (Å²) in [6, 6.07) is 8.91. The molecule has 4 heterocycles. The zero-order valence-corrected chi connectivity index (χ0v) is 20.8. The van der Waals surface area contributed by atoms with Gasteiger partial charge in [0, 0.05) is 44.4 Å². The highest BCUT2D eigenvalue weighted by molar-refractivity contribution is 5.56. The van der Waals surface area contributed by atoms with E-state index in [0.29, 0.717) is 44.2 Å². The van der Waals surface area contributed by atoms with E-state index >= 15 is 0 Å². The number of ether oxygens (including phenoxy) is 2. The molecular formula is C26H27F2N7O3. The highest BCUT2D eigenvalue weighted by Gasteiger charge is 2.33. The molecule has 0 amide bonds. The lowest BCUT2D eigenvalue weighted by atomic mass is 10.1. The number of rotatable bonds is 9. The molecule has 0 bridgehead atoms. The van der Waals surface area contributed by atoms with Crippen molar-refractivity contribution in [3.63, 3.8) is 0 Å². The van der Waals surface area contributed by atoms with Gasteiger partial charge in [-0.2, -0.15) is 10.2 Å². The number of halogens is 2. The van der Waals surface area contributed by atoms with Crippen LogP contribution in [0.5, 0.6) is 5.75 Å². The van der Waals surface area contributed by atoms with Crippen LogP contribution in [0, 0.1) is 0 Å². The van der Waals surface area contributed by atoms with Crippen molar-refractivity contribution < 1.29 is 18.3 Å². The lowest BCUT2D eigenvalue weighted by molar-refractivity contribution is -0.0812. The number of nitrogens with zero attached hydrogens (tertiary/aromatic N) is 7. The predicted octanol–water partition coefficient (Wildman–Crippen LogP) is 2.36. The molecule has 0 spiro atoms. The molecule has 198 valence electrons. The maximum Gasteiger partial charge on any atom is 0.293 e. The molecule has 1 aliphatic rings. The minimum Gasteiger partial charge on any atom is -0.484 e. The first kappa shape index (κ1) is 25.6. The molecule has 0 atom stereocenters. The SMILES string of the molecule is Cn1cc(-n2ccc(=O)c(Cc3cccc(-c4ncc(OCC(F)(F)CN5CCOCC5)cn4)c3)n2)cn1. The fraction of sp³-hybridized carbons (Fsp3) is 0.346. The van der Waals surface area contributed by atoms with Crippen LogP contribution in [-0.4, -0.2) is 79.8 Å². The molecule has 1 aromatic carbocycles. The third-order valence-corrected chi connectivity index (χ3v) is 6.03. The Labute approximate surface area is 217 Å². The first-order valence-corrected chi connectivity index (χ1v) is 12.1. The van der Waals surface area contributed by atoms with E-state index in [1.807, 2.05) is 24.3 Å². The zero-order chi connectivity index (χ0) is 26.5. The minimum absolute atomic E-state index is 0.163. The topological polar surface area (TPSA) is 100 Å². The Morgan fingerprint density at radius 2 is 1.89 bits per heavy atom. The van der Waals surface area contributed by atoms with Crippen LogP contribution in [0.15, 0.2) is 66.1 Å². The highest BCUT2D eigenvalue weighted by atomic mass is 19.3. The second kappa shape index (κ2) is 11.2. The highest BCUT2D eigenvalue weighted by Crippen LogP contribution is 2.22. The van der Waals surface area contributed by atoms with Crippen LogP contribution < -0.4 is 10.2 Å². The van der Waals surface area contributed by atoms with Crippen LogP contribution in [0.2, 0.25) is 0 Å². The maximum atomic E-state index is 14.3. The Hall–Kier alpha value is -4.03. The van der Waals surface area contributed by atoms with E-state index in [2.05, 4.69) is 20.2 Å². The van der Waals surface area contributed by atoms with Crippen LogP contribution >= 0.6 is 0 Å². The van der Waals surface area contributed by atoms with Crippen molar-refractivity contribution in [3.8, 4) is 22.8 Å². The summed E-state index contributed by atoms with van der Waals surface area (Å²) in [6.07, 6.45) is 8.15. The molecule has 1 aliphatic heterocycles. The van der Waals surface area contributed by atoms with Gasteiger partial charge >= 0.3 is 0 Å².